The van der Waals surface area contributed by atoms with Crippen molar-refractivity contribution in [2.75, 3.05) is 13.1 Å². The van der Waals surface area contributed by atoms with Gasteiger partial charge in [0.2, 0.25) is 0 Å². The van der Waals surface area contributed by atoms with Crippen molar-refractivity contribution in [2.45, 2.75) is 53.1 Å². The Morgan fingerprint density at radius 3 is 2.46 bits per heavy atom. The molecule has 0 N–H and O–H groups in total. The number of hydrogen-bond acceptors (Lipinski definition) is 4. The Hall–Kier alpha value is -1.59. The van der Waals surface area contributed by atoms with Gasteiger partial charge in [-0.2, -0.15) is 0 Å². The Bertz CT molecular complexity index is 689. The molecule has 0 radical (unpaired) electrons. The summed E-state index contributed by atoms with van der Waals surface area (Å²) < 4.78 is 13.8. The number of hydrogen-bond donors (Lipinski definition) is 0. The number of fused-ring (bicyclic) bond motifs is 1. The Morgan fingerprint density at radius 1 is 1.25 bits per heavy atom. The smallest absolute Gasteiger partial charge is 0.181 e. The second kappa shape index (κ2) is 6.05. The molecule has 1 saturated heterocycles. The third kappa shape index (κ3) is 3.03. The van der Waals surface area contributed by atoms with Crippen molar-refractivity contribution in [3.63, 3.8) is 0 Å². The topological polar surface area (TPSA) is 40.6 Å². The number of benzene rings is 1. The van der Waals surface area contributed by atoms with Gasteiger partial charge in [-0.3, -0.25) is 9.59 Å². The summed E-state index contributed by atoms with van der Waals surface area (Å²) in [7, 11) is 0. The first kappa shape index (κ1) is 17.2. The van der Waals surface area contributed by atoms with Crippen LogP contribution in [0.5, 0.6) is 0 Å². The molecule has 1 unspecified atom stereocenters. The third-order valence-electron chi connectivity index (χ3n) is 5.46. The Kier molecular flexibility index (Phi) is 4.34. The Balaban J connectivity index is 1.95. The van der Waals surface area contributed by atoms with Crippen molar-refractivity contribution >= 4 is 11.6 Å². The van der Waals surface area contributed by atoms with Crippen LogP contribution in [-0.2, 0) is 6.54 Å². The lowest BCUT2D eigenvalue weighted by Crippen LogP contribution is -2.56. The molecule has 2 aliphatic heterocycles. The Morgan fingerprint density at radius 2 is 1.88 bits per heavy atom. The highest BCUT2D eigenvalue weighted by Gasteiger charge is 2.38. The number of nitrogens with zero attached hydrogens (tertiary/aromatic N) is 2. The molecule has 0 saturated carbocycles. The second-order valence-corrected chi connectivity index (χ2v) is 7.79. The summed E-state index contributed by atoms with van der Waals surface area (Å²) in [5.74, 6) is -0.830. The first-order valence-electron chi connectivity index (χ1n) is 8.59. The van der Waals surface area contributed by atoms with Gasteiger partial charge in [-0.15, -0.1) is 0 Å². The lowest BCUT2D eigenvalue weighted by molar-refractivity contribution is -0.0871. The SMILES string of the molecule is CC(=O)c1cc(F)cc2c1CN(N1CCC(C)(C)CC1)C(C)C2=O. The van der Waals surface area contributed by atoms with Gasteiger partial charge in [0, 0.05) is 30.8 Å². The Labute approximate surface area is 142 Å². The summed E-state index contributed by atoms with van der Waals surface area (Å²) >= 11 is 0. The quantitative estimate of drug-likeness (QED) is 0.778. The van der Waals surface area contributed by atoms with Gasteiger partial charge in [0.1, 0.15) is 5.82 Å². The van der Waals surface area contributed by atoms with Crippen LogP contribution in [0.3, 0.4) is 0 Å². The summed E-state index contributed by atoms with van der Waals surface area (Å²) in [6, 6.07) is 2.19. The first-order chi connectivity index (χ1) is 11.2. The highest BCUT2D eigenvalue weighted by molar-refractivity contribution is 6.06. The third-order valence-corrected chi connectivity index (χ3v) is 5.46. The van der Waals surface area contributed by atoms with Gasteiger partial charge in [0.05, 0.1) is 6.04 Å². The lowest BCUT2D eigenvalue weighted by Gasteiger charge is -2.46. The van der Waals surface area contributed by atoms with E-state index in [1.807, 2.05) is 6.92 Å². The normalized spacial score (nSPS) is 24.7. The van der Waals surface area contributed by atoms with Crippen LogP contribution >= 0.6 is 0 Å². The summed E-state index contributed by atoms with van der Waals surface area (Å²) in [4.78, 5) is 24.7. The van der Waals surface area contributed by atoms with Crippen LogP contribution in [0.1, 0.15) is 66.8 Å². The van der Waals surface area contributed by atoms with Crippen LogP contribution in [0, 0.1) is 11.2 Å². The molecule has 24 heavy (non-hydrogen) atoms. The summed E-state index contributed by atoms with van der Waals surface area (Å²) in [6.45, 7) is 10.1. The van der Waals surface area contributed by atoms with Crippen molar-refractivity contribution < 1.29 is 14.0 Å². The van der Waals surface area contributed by atoms with Crippen molar-refractivity contribution in [3.8, 4) is 0 Å². The first-order valence-corrected chi connectivity index (χ1v) is 8.59. The fraction of sp³-hybridized carbons (Fsp3) is 0.579. The molecule has 2 aliphatic rings. The average Bonchev–Trinajstić information content (AvgIpc) is 2.51. The number of ketones is 2. The van der Waals surface area contributed by atoms with Crippen LogP contribution < -0.4 is 0 Å². The molecule has 2 heterocycles. The molecule has 1 aromatic carbocycles. The largest absolute Gasteiger partial charge is 0.294 e. The monoisotopic (exact) mass is 332 g/mol. The van der Waals surface area contributed by atoms with Gasteiger partial charge in [-0.05, 0) is 49.8 Å². The molecular weight excluding hydrogens is 307 g/mol. The predicted octanol–water partition coefficient (Wildman–Crippen LogP) is 3.45. The number of carbonyl (C=O) groups excluding carboxylic acids is 2. The minimum absolute atomic E-state index is 0.108. The van der Waals surface area contributed by atoms with Crippen molar-refractivity contribution in [1.82, 2.24) is 10.0 Å². The molecule has 1 aromatic rings. The molecule has 130 valence electrons. The maximum Gasteiger partial charge on any atom is 0.181 e. The van der Waals surface area contributed by atoms with Crippen LogP contribution in [0.25, 0.3) is 0 Å². The molecular formula is C19H25FN2O2. The molecule has 1 fully saturated rings. The van der Waals surface area contributed by atoms with E-state index in [0.717, 1.165) is 25.9 Å². The summed E-state index contributed by atoms with van der Waals surface area (Å²) in [5, 5.41) is 4.29. The van der Waals surface area contributed by atoms with Gasteiger partial charge in [-0.1, -0.05) is 13.8 Å². The maximum atomic E-state index is 13.8. The zero-order valence-corrected chi connectivity index (χ0v) is 14.9. The van der Waals surface area contributed by atoms with Crippen LogP contribution in [0.15, 0.2) is 12.1 Å². The number of halogens is 1. The molecule has 0 aromatic heterocycles. The van der Waals surface area contributed by atoms with Gasteiger partial charge >= 0.3 is 0 Å². The maximum absolute atomic E-state index is 13.8. The van der Waals surface area contributed by atoms with Crippen LogP contribution in [0.4, 0.5) is 4.39 Å². The highest BCUT2D eigenvalue weighted by atomic mass is 19.1. The van der Waals surface area contributed by atoms with Crippen molar-refractivity contribution in [3.05, 3.63) is 34.6 Å². The molecule has 0 aliphatic carbocycles. The number of carbonyl (C=O) groups is 2. The molecule has 3 rings (SSSR count). The van der Waals surface area contributed by atoms with Gasteiger partial charge in [0.25, 0.3) is 0 Å². The van der Waals surface area contributed by atoms with E-state index in [0.29, 0.717) is 28.7 Å². The zero-order valence-electron chi connectivity index (χ0n) is 14.9. The van der Waals surface area contributed by atoms with E-state index in [1.165, 1.54) is 19.1 Å². The van der Waals surface area contributed by atoms with E-state index < -0.39 is 5.82 Å². The molecule has 5 heteroatoms. The summed E-state index contributed by atoms with van der Waals surface area (Å²) in [6.07, 6.45) is 2.14. The van der Waals surface area contributed by atoms with Crippen molar-refractivity contribution in [1.29, 1.82) is 0 Å². The summed E-state index contributed by atoms with van der Waals surface area (Å²) in [5.41, 5.74) is 1.68. The fourth-order valence-corrected chi connectivity index (χ4v) is 3.70. The van der Waals surface area contributed by atoms with Gasteiger partial charge < -0.3 is 0 Å². The highest BCUT2D eigenvalue weighted by Crippen LogP contribution is 2.34. The average molecular weight is 332 g/mol. The zero-order chi connectivity index (χ0) is 17.6. The standard InChI is InChI=1S/C19H25FN2O2/c1-12-18(24)16-10-14(20)9-15(13(2)23)17(16)11-22(12)21-7-5-19(3,4)6-8-21/h9-10,12H,5-8,11H2,1-4H3. The minimum atomic E-state index is -0.521. The van der Waals surface area contributed by atoms with Gasteiger partial charge in [0.15, 0.2) is 11.6 Å². The predicted molar refractivity (Wildman–Crippen MR) is 90.3 cm³/mol. The molecule has 0 bridgehead atoms. The van der Waals surface area contributed by atoms with Crippen LogP contribution in [-0.4, -0.2) is 40.7 Å². The minimum Gasteiger partial charge on any atom is -0.294 e. The van der Waals surface area contributed by atoms with E-state index in [-0.39, 0.29) is 17.6 Å². The number of piperidine rings is 1. The van der Waals surface area contributed by atoms with E-state index in [4.69, 9.17) is 0 Å². The lowest BCUT2D eigenvalue weighted by atomic mass is 9.83. The second-order valence-electron chi connectivity index (χ2n) is 7.79. The number of rotatable bonds is 2. The molecule has 0 amide bonds. The van der Waals surface area contributed by atoms with E-state index >= 15 is 0 Å². The van der Waals surface area contributed by atoms with Gasteiger partial charge in [-0.25, -0.2) is 14.4 Å². The molecule has 0 spiro atoms. The fourth-order valence-electron chi connectivity index (χ4n) is 3.70. The number of Topliss-reactive ketones (excluding diaryl/α,β-unsaturated/α-hetero) is 2. The van der Waals surface area contributed by atoms with E-state index in [2.05, 4.69) is 23.9 Å². The van der Waals surface area contributed by atoms with Crippen LogP contribution in [0.2, 0.25) is 0 Å². The number of hydrazine groups is 1. The van der Waals surface area contributed by atoms with Crippen molar-refractivity contribution in [2.24, 2.45) is 5.41 Å². The molecule has 4 nitrogen and oxygen atoms in total. The van der Waals surface area contributed by atoms with E-state index in [1.54, 1.807) is 0 Å². The molecule has 1 atom stereocenters. The van der Waals surface area contributed by atoms with E-state index in [9.17, 15) is 14.0 Å².